The first-order valence-corrected chi connectivity index (χ1v) is 10.6. The lowest BCUT2D eigenvalue weighted by Gasteiger charge is -2.40. The van der Waals surface area contributed by atoms with Gasteiger partial charge in [0.1, 0.15) is 17.2 Å². The van der Waals surface area contributed by atoms with E-state index in [2.05, 4.69) is 45.1 Å². The summed E-state index contributed by atoms with van der Waals surface area (Å²) in [6.07, 6.45) is 0. The average molecular weight is 471 g/mol. The van der Waals surface area contributed by atoms with Gasteiger partial charge in [0.25, 0.3) is 5.91 Å². The molecule has 0 aliphatic carbocycles. The molecule has 6 heteroatoms. The highest BCUT2D eigenvalue weighted by atomic mass is 79.9. The highest BCUT2D eigenvalue weighted by molar-refractivity contribution is 9.10. The van der Waals surface area contributed by atoms with E-state index in [4.69, 9.17) is 0 Å². The number of piperazine rings is 1. The normalized spacial score (nSPS) is 15.8. The van der Waals surface area contributed by atoms with Crippen molar-refractivity contribution in [2.75, 3.05) is 26.2 Å². The minimum atomic E-state index is -0.820. The van der Waals surface area contributed by atoms with Gasteiger partial charge in [0.15, 0.2) is 0 Å². The summed E-state index contributed by atoms with van der Waals surface area (Å²) in [4.78, 5) is 16.6. The van der Waals surface area contributed by atoms with E-state index >= 15 is 0 Å². The zero-order chi connectivity index (χ0) is 21.1. The van der Waals surface area contributed by atoms with Crippen molar-refractivity contribution in [1.82, 2.24) is 9.80 Å². The molecule has 0 spiro atoms. The van der Waals surface area contributed by atoms with Crippen LogP contribution >= 0.6 is 15.9 Å². The van der Waals surface area contributed by atoms with Gasteiger partial charge in [-0.05, 0) is 35.4 Å². The number of carbonyl (C=O) groups excluding carboxylic acids is 1. The van der Waals surface area contributed by atoms with E-state index in [1.807, 2.05) is 30.3 Å². The SMILES string of the molecule is O=C(c1c(F)cccc1F)N1CCN([C@@H](c2ccccc2)c2ccc(Br)cc2)CC1. The van der Waals surface area contributed by atoms with Gasteiger partial charge in [-0.1, -0.05) is 64.5 Å². The van der Waals surface area contributed by atoms with Crippen LogP contribution in [0.1, 0.15) is 27.5 Å². The molecule has 1 atom stereocenters. The van der Waals surface area contributed by atoms with Crippen molar-refractivity contribution in [2.24, 2.45) is 0 Å². The van der Waals surface area contributed by atoms with Gasteiger partial charge in [-0.25, -0.2) is 8.78 Å². The molecule has 0 unspecified atom stereocenters. The van der Waals surface area contributed by atoms with E-state index in [0.717, 1.165) is 22.2 Å². The second-order valence-electron chi connectivity index (χ2n) is 7.29. The second kappa shape index (κ2) is 9.06. The van der Waals surface area contributed by atoms with Crippen molar-refractivity contribution in [3.63, 3.8) is 0 Å². The van der Waals surface area contributed by atoms with Gasteiger partial charge in [0.05, 0.1) is 6.04 Å². The first-order valence-electron chi connectivity index (χ1n) is 9.82. The summed E-state index contributed by atoms with van der Waals surface area (Å²) in [6.45, 7) is 2.04. The van der Waals surface area contributed by atoms with Crippen LogP contribution in [0.25, 0.3) is 0 Å². The molecular formula is C24H21BrF2N2O. The highest BCUT2D eigenvalue weighted by Crippen LogP contribution is 2.30. The van der Waals surface area contributed by atoms with Crippen LogP contribution in [0.3, 0.4) is 0 Å². The van der Waals surface area contributed by atoms with Gasteiger partial charge in [0, 0.05) is 30.7 Å². The van der Waals surface area contributed by atoms with Crippen LogP contribution < -0.4 is 0 Å². The molecule has 1 aliphatic rings. The molecule has 0 bridgehead atoms. The summed E-state index contributed by atoms with van der Waals surface area (Å²) in [6, 6.07) is 22.0. The fourth-order valence-corrected chi connectivity index (χ4v) is 4.20. The lowest BCUT2D eigenvalue weighted by Crippen LogP contribution is -2.50. The summed E-state index contributed by atoms with van der Waals surface area (Å²) in [5.41, 5.74) is 1.85. The molecule has 30 heavy (non-hydrogen) atoms. The number of carbonyl (C=O) groups is 1. The molecule has 4 rings (SSSR count). The average Bonchev–Trinajstić information content (AvgIpc) is 2.76. The predicted molar refractivity (Wildman–Crippen MR) is 116 cm³/mol. The van der Waals surface area contributed by atoms with Gasteiger partial charge in [-0.2, -0.15) is 0 Å². The Morgan fingerprint density at radius 1 is 0.767 bits per heavy atom. The fourth-order valence-electron chi connectivity index (χ4n) is 3.94. The number of benzene rings is 3. The Balaban J connectivity index is 1.54. The van der Waals surface area contributed by atoms with Crippen molar-refractivity contribution in [2.45, 2.75) is 6.04 Å². The molecule has 1 heterocycles. The van der Waals surface area contributed by atoms with E-state index < -0.39 is 23.1 Å². The Labute approximate surface area is 183 Å². The van der Waals surface area contributed by atoms with E-state index in [1.54, 1.807) is 0 Å². The first kappa shape index (κ1) is 20.7. The Kier molecular flexibility index (Phi) is 6.25. The summed E-state index contributed by atoms with van der Waals surface area (Å²) < 4.78 is 29.1. The number of amides is 1. The predicted octanol–water partition coefficient (Wildman–Crippen LogP) is 5.27. The Hall–Kier alpha value is -2.57. The Bertz CT molecular complexity index is 999. The molecule has 0 N–H and O–H groups in total. The molecular weight excluding hydrogens is 450 g/mol. The van der Waals surface area contributed by atoms with E-state index in [9.17, 15) is 13.6 Å². The quantitative estimate of drug-likeness (QED) is 0.518. The maximum Gasteiger partial charge on any atom is 0.259 e. The third-order valence-electron chi connectivity index (χ3n) is 5.44. The number of rotatable bonds is 4. The van der Waals surface area contributed by atoms with Crippen molar-refractivity contribution in [3.05, 3.63) is 106 Å². The zero-order valence-corrected chi connectivity index (χ0v) is 17.9. The largest absolute Gasteiger partial charge is 0.336 e. The van der Waals surface area contributed by atoms with Crippen molar-refractivity contribution in [1.29, 1.82) is 0 Å². The molecule has 0 saturated carbocycles. The third-order valence-corrected chi connectivity index (χ3v) is 5.97. The van der Waals surface area contributed by atoms with Crippen molar-refractivity contribution in [3.8, 4) is 0 Å². The topological polar surface area (TPSA) is 23.6 Å². The van der Waals surface area contributed by atoms with Gasteiger partial charge in [-0.15, -0.1) is 0 Å². The maximum atomic E-state index is 14.0. The minimum Gasteiger partial charge on any atom is -0.336 e. The van der Waals surface area contributed by atoms with Crippen LogP contribution in [0.5, 0.6) is 0 Å². The summed E-state index contributed by atoms with van der Waals surface area (Å²) in [7, 11) is 0. The monoisotopic (exact) mass is 470 g/mol. The Morgan fingerprint density at radius 3 is 1.93 bits per heavy atom. The summed E-state index contributed by atoms with van der Waals surface area (Å²) in [5.74, 6) is -2.23. The van der Waals surface area contributed by atoms with Gasteiger partial charge < -0.3 is 4.90 Å². The number of nitrogens with zero attached hydrogens (tertiary/aromatic N) is 2. The van der Waals surface area contributed by atoms with Crippen molar-refractivity contribution < 1.29 is 13.6 Å². The van der Waals surface area contributed by atoms with Gasteiger partial charge >= 0.3 is 0 Å². The minimum absolute atomic E-state index is 0.0433. The molecule has 1 fully saturated rings. The molecule has 154 valence electrons. The molecule has 0 radical (unpaired) electrons. The number of hydrogen-bond acceptors (Lipinski definition) is 2. The number of halogens is 3. The van der Waals surface area contributed by atoms with Crippen LogP contribution in [0.4, 0.5) is 8.78 Å². The van der Waals surface area contributed by atoms with Crippen LogP contribution in [0, 0.1) is 11.6 Å². The van der Waals surface area contributed by atoms with Gasteiger partial charge in [-0.3, -0.25) is 9.69 Å². The lowest BCUT2D eigenvalue weighted by molar-refractivity contribution is 0.0588. The van der Waals surface area contributed by atoms with E-state index in [0.29, 0.717) is 26.2 Å². The lowest BCUT2D eigenvalue weighted by atomic mass is 9.96. The maximum absolute atomic E-state index is 14.0. The van der Waals surface area contributed by atoms with Crippen LogP contribution in [0.15, 0.2) is 77.3 Å². The molecule has 1 aliphatic heterocycles. The summed E-state index contributed by atoms with van der Waals surface area (Å²) >= 11 is 3.49. The van der Waals surface area contributed by atoms with Crippen LogP contribution in [-0.2, 0) is 0 Å². The van der Waals surface area contributed by atoms with Crippen molar-refractivity contribution >= 4 is 21.8 Å². The van der Waals surface area contributed by atoms with E-state index in [1.165, 1.54) is 16.5 Å². The van der Waals surface area contributed by atoms with Crippen LogP contribution in [-0.4, -0.2) is 41.9 Å². The second-order valence-corrected chi connectivity index (χ2v) is 8.21. The molecule has 3 nitrogen and oxygen atoms in total. The molecule has 1 amide bonds. The first-order chi connectivity index (χ1) is 14.5. The molecule has 3 aromatic carbocycles. The summed E-state index contributed by atoms with van der Waals surface area (Å²) in [5, 5.41) is 0. The highest BCUT2D eigenvalue weighted by Gasteiger charge is 2.30. The number of hydrogen-bond donors (Lipinski definition) is 0. The van der Waals surface area contributed by atoms with E-state index in [-0.39, 0.29) is 6.04 Å². The van der Waals surface area contributed by atoms with Gasteiger partial charge in [0.2, 0.25) is 0 Å². The fraction of sp³-hybridized carbons (Fsp3) is 0.208. The standard InChI is InChI=1S/C24H21BrF2N2O/c25-19-11-9-18(10-12-19)23(17-5-2-1-3-6-17)28-13-15-29(16-14-28)24(30)22-20(26)7-4-8-21(22)27/h1-12,23H,13-16H2/t23-/m0/s1. The zero-order valence-electron chi connectivity index (χ0n) is 16.3. The molecule has 3 aromatic rings. The molecule has 0 aromatic heterocycles. The molecule has 1 saturated heterocycles. The Morgan fingerprint density at radius 2 is 1.33 bits per heavy atom. The smallest absolute Gasteiger partial charge is 0.259 e. The third kappa shape index (κ3) is 4.30. The van der Waals surface area contributed by atoms with Crippen LogP contribution in [0.2, 0.25) is 0 Å².